The molecule has 0 bridgehead atoms. The number of urea groups is 1. The molecule has 128 valence electrons. The molecule has 8 heteroatoms. The first-order valence-electron chi connectivity index (χ1n) is 7.42. The molecule has 0 saturated carbocycles. The highest BCUT2D eigenvalue weighted by atomic mass is 32.2. The Bertz CT molecular complexity index is 668. The Kier molecular flexibility index (Phi) is 4.95. The summed E-state index contributed by atoms with van der Waals surface area (Å²) in [5.74, 6) is -0.491. The zero-order chi connectivity index (χ0) is 17.3. The zero-order valence-electron chi connectivity index (χ0n) is 13.5. The molecule has 0 aromatic heterocycles. The summed E-state index contributed by atoms with van der Waals surface area (Å²) in [6, 6.07) is 4.09. The van der Waals surface area contributed by atoms with Crippen LogP contribution in [0.5, 0.6) is 0 Å². The van der Waals surface area contributed by atoms with E-state index in [1.807, 2.05) is 20.8 Å². The van der Waals surface area contributed by atoms with Gasteiger partial charge in [0, 0.05) is 24.7 Å². The van der Waals surface area contributed by atoms with Crippen molar-refractivity contribution in [2.75, 3.05) is 13.1 Å². The van der Waals surface area contributed by atoms with Crippen LogP contribution in [0, 0.1) is 5.82 Å². The van der Waals surface area contributed by atoms with Crippen LogP contribution in [0.4, 0.5) is 9.18 Å². The fourth-order valence-corrected chi connectivity index (χ4v) is 3.60. The van der Waals surface area contributed by atoms with Gasteiger partial charge in [0.15, 0.2) is 0 Å². The number of rotatable bonds is 3. The molecule has 2 N–H and O–H groups in total. The molecule has 0 aliphatic carbocycles. The van der Waals surface area contributed by atoms with E-state index in [0.29, 0.717) is 19.5 Å². The highest BCUT2D eigenvalue weighted by Gasteiger charge is 2.31. The Hall–Kier alpha value is -1.67. The molecule has 1 aromatic rings. The summed E-state index contributed by atoms with van der Waals surface area (Å²) in [4.78, 5) is 13.7. The molecule has 1 heterocycles. The summed E-state index contributed by atoms with van der Waals surface area (Å²) in [5.41, 5.74) is -0.344. The van der Waals surface area contributed by atoms with Gasteiger partial charge in [-0.15, -0.1) is 0 Å². The van der Waals surface area contributed by atoms with E-state index in [2.05, 4.69) is 10.0 Å². The zero-order valence-corrected chi connectivity index (χ0v) is 14.3. The van der Waals surface area contributed by atoms with Crippen LogP contribution in [0.1, 0.15) is 27.2 Å². The smallest absolute Gasteiger partial charge is 0.317 e. The first-order chi connectivity index (χ1) is 10.6. The van der Waals surface area contributed by atoms with Gasteiger partial charge in [0.2, 0.25) is 10.0 Å². The van der Waals surface area contributed by atoms with E-state index in [9.17, 15) is 17.6 Å². The molecule has 6 nitrogen and oxygen atoms in total. The van der Waals surface area contributed by atoms with Crippen molar-refractivity contribution in [2.24, 2.45) is 0 Å². The molecule has 1 aromatic carbocycles. The molecule has 1 saturated heterocycles. The summed E-state index contributed by atoms with van der Waals surface area (Å²) in [6.45, 7) is 6.45. The second-order valence-corrected chi connectivity index (χ2v) is 8.40. The van der Waals surface area contributed by atoms with Crippen LogP contribution in [0.2, 0.25) is 0 Å². The van der Waals surface area contributed by atoms with Crippen molar-refractivity contribution >= 4 is 16.1 Å². The third-order valence-corrected chi connectivity index (χ3v) is 4.94. The standard InChI is InChI=1S/C15H22FN3O3S/c1-15(2,3)17-14(20)19-9-8-12(10-19)18-23(21,22)13-6-4-11(16)5-7-13/h4-7,12,18H,8-10H2,1-3H3,(H,17,20). The number of hydrogen-bond acceptors (Lipinski definition) is 3. The topological polar surface area (TPSA) is 78.5 Å². The predicted molar refractivity (Wildman–Crippen MR) is 85.0 cm³/mol. The lowest BCUT2D eigenvalue weighted by molar-refractivity contribution is 0.198. The Balaban J connectivity index is 1.97. The molecule has 1 aliphatic rings. The number of halogens is 1. The summed E-state index contributed by atoms with van der Waals surface area (Å²) in [7, 11) is -3.72. The lowest BCUT2D eigenvalue weighted by atomic mass is 10.1. The molecule has 1 atom stereocenters. The number of carbonyl (C=O) groups excluding carboxylic acids is 1. The van der Waals surface area contributed by atoms with Crippen molar-refractivity contribution in [1.82, 2.24) is 14.9 Å². The molecule has 2 amide bonds. The van der Waals surface area contributed by atoms with Crippen LogP contribution < -0.4 is 10.0 Å². The minimum atomic E-state index is -3.72. The lowest BCUT2D eigenvalue weighted by Gasteiger charge is -2.25. The van der Waals surface area contributed by atoms with Crippen molar-refractivity contribution < 1.29 is 17.6 Å². The minimum Gasteiger partial charge on any atom is -0.333 e. The number of nitrogens with one attached hydrogen (secondary N) is 2. The first-order valence-corrected chi connectivity index (χ1v) is 8.90. The monoisotopic (exact) mass is 343 g/mol. The van der Waals surface area contributed by atoms with Crippen molar-refractivity contribution in [3.63, 3.8) is 0 Å². The number of benzene rings is 1. The highest BCUT2D eigenvalue weighted by molar-refractivity contribution is 7.89. The van der Waals surface area contributed by atoms with Gasteiger partial charge in [0.1, 0.15) is 5.82 Å². The second kappa shape index (κ2) is 6.45. The molecule has 1 aliphatic heterocycles. The Morgan fingerprint density at radius 1 is 1.26 bits per heavy atom. The van der Waals surface area contributed by atoms with Crippen LogP contribution in [0.3, 0.4) is 0 Å². The maximum atomic E-state index is 12.9. The summed E-state index contributed by atoms with van der Waals surface area (Å²) >= 11 is 0. The predicted octanol–water partition coefficient (Wildman–Crippen LogP) is 1.69. The largest absolute Gasteiger partial charge is 0.333 e. The van der Waals surface area contributed by atoms with Gasteiger partial charge in [-0.05, 0) is 51.5 Å². The van der Waals surface area contributed by atoms with E-state index in [1.54, 1.807) is 4.90 Å². The molecule has 1 fully saturated rings. The van der Waals surface area contributed by atoms with Crippen LogP contribution in [0.25, 0.3) is 0 Å². The molecular formula is C15H22FN3O3S. The number of sulfonamides is 1. The SMILES string of the molecule is CC(C)(C)NC(=O)N1CCC(NS(=O)(=O)c2ccc(F)cc2)C1. The summed E-state index contributed by atoms with van der Waals surface area (Å²) < 4.78 is 40.0. The third-order valence-electron chi connectivity index (χ3n) is 3.40. The van der Waals surface area contributed by atoms with E-state index in [-0.39, 0.29) is 22.5 Å². The maximum Gasteiger partial charge on any atom is 0.317 e. The Labute approximate surface area is 136 Å². The quantitative estimate of drug-likeness (QED) is 0.876. The highest BCUT2D eigenvalue weighted by Crippen LogP contribution is 2.15. The van der Waals surface area contributed by atoms with E-state index < -0.39 is 15.8 Å². The van der Waals surface area contributed by atoms with Gasteiger partial charge >= 0.3 is 6.03 Å². The number of amides is 2. The van der Waals surface area contributed by atoms with Crippen LogP contribution >= 0.6 is 0 Å². The molecule has 0 spiro atoms. The number of likely N-dealkylation sites (tertiary alicyclic amines) is 1. The van der Waals surface area contributed by atoms with Crippen LogP contribution in [0.15, 0.2) is 29.2 Å². The molecule has 23 heavy (non-hydrogen) atoms. The molecular weight excluding hydrogens is 321 g/mol. The molecule has 0 radical (unpaired) electrons. The van der Waals surface area contributed by atoms with Crippen molar-refractivity contribution in [3.8, 4) is 0 Å². The van der Waals surface area contributed by atoms with Gasteiger partial charge in [-0.3, -0.25) is 0 Å². The maximum absolute atomic E-state index is 12.9. The van der Waals surface area contributed by atoms with Crippen molar-refractivity contribution in [2.45, 2.75) is 43.7 Å². The van der Waals surface area contributed by atoms with Gasteiger partial charge in [-0.2, -0.15) is 0 Å². The normalized spacial score (nSPS) is 19.0. The number of hydrogen-bond donors (Lipinski definition) is 2. The van der Waals surface area contributed by atoms with E-state index in [1.165, 1.54) is 12.1 Å². The van der Waals surface area contributed by atoms with Crippen molar-refractivity contribution in [3.05, 3.63) is 30.1 Å². The van der Waals surface area contributed by atoms with Gasteiger partial charge in [0.25, 0.3) is 0 Å². The average molecular weight is 343 g/mol. The first kappa shape index (κ1) is 17.7. The van der Waals surface area contributed by atoms with E-state index >= 15 is 0 Å². The van der Waals surface area contributed by atoms with Gasteiger partial charge in [-0.1, -0.05) is 0 Å². The second-order valence-electron chi connectivity index (χ2n) is 6.69. The van der Waals surface area contributed by atoms with Gasteiger partial charge in [0.05, 0.1) is 4.90 Å². The van der Waals surface area contributed by atoms with Gasteiger partial charge < -0.3 is 10.2 Å². The third kappa shape index (κ3) is 4.90. The Morgan fingerprint density at radius 2 is 1.87 bits per heavy atom. The van der Waals surface area contributed by atoms with E-state index in [0.717, 1.165) is 12.1 Å². The average Bonchev–Trinajstić information content (AvgIpc) is 2.85. The summed E-state index contributed by atoms with van der Waals surface area (Å²) in [5, 5.41) is 2.85. The summed E-state index contributed by atoms with van der Waals surface area (Å²) in [6.07, 6.45) is 0.540. The Morgan fingerprint density at radius 3 is 2.43 bits per heavy atom. The lowest BCUT2D eigenvalue weighted by Crippen LogP contribution is -2.48. The fraction of sp³-hybridized carbons (Fsp3) is 0.533. The van der Waals surface area contributed by atoms with Gasteiger partial charge in [-0.25, -0.2) is 22.3 Å². The van der Waals surface area contributed by atoms with Crippen LogP contribution in [-0.2, 0) is 10.0 Å². The number of carbonyl (C=O) groups is 1. The van der Waals surface area contributed by atoms with Crippen molar-refractivity contribution in [1.29, 1.82) is 0 Å². The number of nitrogens with zero attached hydrogens (tertiary/aromatic N) is 1. The minimum absolute atomic E-state index is 0.0106. The van der Waals surface area contributed by atoms with E-state index in [4.69, 9.17) is 0 Å². The fourth-order valence-electron chi connectivity index (χ4n) is 2.34. The molecule has 1 unspecified atom stereocenters. The van der Waals surface area contributed by atoms with Crippen LogP contribution in [-0.4, -0.2) is 44.0 Å². The molecule has 2 rings (SSSR count).